The van der Waals surface area contributed by atoms with E-state index < -0.39 is 17.5 Å². The van der Waals surface area contributed by atoms with Gasteiger partial charge in [-0.25, -0.2) is 14.8 Å². The number of likely N-dealkylation sites (tertiary alicyclic amines) is 1. The lowest BCUT2D eigenvalue weighted by atomic mass is 9.95. The second-order valence-corrected chi connectivity index (χ2v) is 7.62. The molecule has 12 heteroatoms. The molecule has 3 heterocycles. The van der Waals surface area contributed by atoms with Gasteiger partial charge in [-0.1, -0.05) is 0 Å². The third-order valence-corrected chi connectivity index (χ3v) is 5.55. The normalized spacial score (nSPS) is 17.8. The van der Waals surface area contributed by atoms with Crippen molar-refractivity contribution in [2.45, 2.75) is 38.8 Å². The molecule has 2 fully saturated rings. The van der Waals surface area contributed by atoms with Crippen LogP contribution < -0.4 is 0 Å². The molecule has 0 atom stereocenters. The highest BCUT2D eigenvalue weighted by Gasteiger charge is 2.69. The van der Waals surface area contributed by atoms with E-state index in [9.17, 15) is 27.6 Å². The number of nitrogens with zero attached hydrogens (tertiary/aromatic N) is 5. The van der Waals surface area contributed by atoms with Crippen LogP contribution in [0.2, 0.25) is 0 Å². The molecule has 1 aliphatic heterocycles. The number of hydrogen-bond donors (Lipinski definition) is 0. The van der Waals surface area contributed by atoms with Gasteiger partial charge in [0.05, 0.1) is 12.5 Å². The van der Waals surface area contributed by atoms with Crippen molar-refractivity contribution in [1.82, 2.24) is 24.0 Å². The van der Waals surface area contributed by atoms with E-state index in [1.165, 1.54) is 26.7 Å². The molecule has 0 aromatic carbocycles. The van der Waals surface area contributed by atoms with Crippen molar-refractivity contribution in [1.29, 1.82) is 0 Å². The second-order valence-electron chi connectivity index (χ2n) is 7.62. The predicted molar refractivity (Wildman–Crippen MR) is 104 cm³/mol. The highest BCUT2D eigenvalue weighted by atomic mass is 19.4. The molecule has 0 N–H and O–H groups in total. The van der Waals surface area contributed by atoms with E-state index in [0.717, 1.165) is 0 Å². The van der Waals surface area contributed by atoms with Crippen LogP contribution >= 0.6 is 0 Å². The molecule has 9 nitrogen and oxygen atoms in total. The van der Waals surface area contributed by atoms with E-state index in [2.05, 4.69) is 9.97 Å². The van der Waals surface area contributed by atoms with Crippen molar-refractivity contribution in [3.05, 3.63) is 37.4 Å². The number of alkyl halides is 3. The molecule has 4 rings (SSSR count). The number of aromatic nitrogens is 4. The minimum atomic E-state index is -4.47. The largest absolute Gasteiger partial charge is 0.466 e. The van der Waals surface area contributed by atoms with Gasteiger partial charge >= 0.3 is 18.2 Å². The Labute approximate surface area is 182 Å². The Hall–Kier alpha value is -3.18. The molecule has 1 saturated heterocycles. The van der Waals surface area contributed by atoms with Gasteiger partial charge in [0.15, 0.2) is 0 Å². The third kappa shape index (κ3) is 5.00. The predicted octanol–water partition coefficient (Wildman–Crippen LogP) is 2.73. The summed E-state index contributed by atoms with van der Waals surface area (Å²) in [4.78, 5) is 43.7. The molecular formula is C20H24F3N5O4. The van der Waals surface area contributed by atoms with Crippen LogP contribution in [0.15, 0.2) is 37.4 Å². The topological polar surface area (TPSA) is 99.3 Å². The molecule has 0 unspecified atom stereocenters. The minimum absolute atomic E-state index is 0.118. The maximum atomic E-state index is 12.9. The lowest BCUT2D eigenvalue weighted by molar-refractivity contribution is -0.199. The zero-order valence-corrected chi connectivity index (χ0v) is 17.5. The van der Waals surface area contributed by atoms with Gasteiger partial charge in [0, 0.05) is 37.9 Å². The maximum Gasteiger partial charge on any atom is 0.403 e. The number of carbonyl (C=O) groups is 3. The Kier molecular flexibility index (Phi) is 6.99. The quantitative estimate of drug-likeness (QED) is 0.660. The number of ether oxygens (including phenoxy) is 1. The number of esters is 1. The van der Waals surface area contributed by atoms with Gasteiger partial charge in [-0.05, 0) is 32.6 Å². The standard InChI is InChI=1S/C13H18F3NO3.C7H6N4O/c1-2-20-10(18)9-3-7-17(8-4-9)11(19)12(5-6-12)13(14,15)16;12-7(10-3-1-8-5-10)11-4-2-9-6-11/h9H,2-8H2,1H3;1-6H. The molecule has 0 radical (unpaired) electrons. The van der Waals surface area contributed by atoms with Crippen LogP contribution in [-0.2, 0) is 14.3 Å². The van der Waals surface area contributed by atoms with Gasteiger partial charge in [-0.3, -0.25) is 18.7 Å². The average molecular weight is 455 g/mol. The van der Waals surface area contributed by atoms with E-state index in [1.54, 1.807) is 31.7 Å². The summed E-state index contributed by atoms with van der Waals surface area (Å²) in [6, 6.07) is -0.190. The first-order valence-electron chi connectivity index (χ1n) is 10.2. The summed E-state index contributed by atoms with van der Waals surface area (Å²) in [5.41, 5.74) is -2.15. The molecule has 2 aromatic rings. The van der Waals surface area contributed by atoms with Crippen molar-refractivity contribution in [2.24, 2.45) is 11.3 Å². The second kappa shape index (κ2) is 9.53. The van der Waals surface area contributed by atoms with Crippen LogP contribution in [0.25, 0.3) is 0 Å². The summed E-state index contributed by atoms with van der Waals surface area (Å²) in [6.45, 7) is 2.38. The average Bonchev–Trinajstić information content (AvgIpc) is 3.18. The summed E-state index contributed by atoms with van der Waals surface area (Å²) < 4.78 is 46.3. The molecule has 2 aliphatic rings. The fourth-order valence-electron chi connectivity index (χ4n) is 3.50. The Balaban J connectivity index is 0.000000204. The first-order valence-corrected chi connectivity index (χ1v) is 10.2. The van der Waals surface area contributed by atoms with Gasteiger partial charge in [-0.2, -0.15) is 13.2 Å². The third-order valence-electron chi connectivity index (χ3n) is 5.55. The highest BCUT2D eigenvalue weighted by molar-refractivity contribution is 5.86. The summed E-state index contributed by atoms with van der Waals surface area (Å²) in [5.74, 6) is -1.45. The lowest BCUT2D eigenvalue weighted by Gasteiger charge is -2.34. The number of amides is 1. The van der Waals surface area contributed by atoms with Crippen molar-refractivity contribution in [3.63, 3.8) is 0 Å². The summed E-state index contributed by atoms with van der Waals surface area (Å²) >= 11 is 0. The van der Waals surface area contributed by atoms with Crippen molar-refractivity contribution in [2.75, 3.05) is 19.7 Å². The Morgan fingerprint density at radius 1 is 1.03 bits per heavy atom. The van der Waals surface area contributed by atoms with Gasteiger partial charge in [-0.15, -0.1) is 0 Å². The van der Waals surface area contributed by atoms with Gasteiger partial charge < -0.3 is 9.64 Å². The molecular weight excluding hydrogens is 431 g/mol. The number of rotatable bonds is 3. The SMILES string of the molecule is CCOC(=O)C1CCN(C(=O)C2(C(F)(F)F)CC2)CC1.O=C(n1ccnc1)n1ccnc1. The smallest absolute Gasteiger partial charge is 0.403 e. The molecule has 0 bridgehead atoms. The monoisotopic (exact) mass is 455 g/mol. The molecule has 1 aliphatic carbocycles. The number of carbonyl (C=O) groups excluding carboxylic acids is 3. The van der Waals surface area contributed by atoms with Crippen LogP contribution in [0, 0.1) is 11.3 Å². The molecule has 174 valence electrons. The number of piperidine rings is 1. The zero-order valence-electron chi connectivity index (χ0n) is 17.5. The van der Waals surface area contributed by atoms with E-state index >= 15 is 0 Å². The summed E-state index contributed by atoms with van der Waals surface area (Å²) in [5, 5.41) is 0. The van der Waals surface area contributed by atoms with Crippen LogP contribution in [0.1, 0.15) is 32.6 Å². The highest BCUT2D eigenvalue weighted by Crippen LogP contribution is 2.58. The van der Waals surface area contributed by atoms with E-state index in [4.69, 9.17) is 4.74 Å². The molecule has 1 amide bonds. The number of hydrogen-bond acceptors (Lipinski definition) is 6. The Morgan fingerprint density at radius 3 is 1.94 bits per heavy atom. The fourth-order valence-corrected chi connectivity index (χ4v) is 3.50. The Morgan fingerprint density at radius 2 is 1.56 bits per heavy atom. The van der Waals surface area contributed by atoms with Crippen molar-refractivity contribution >= 4 is 17.9 Å². The fraction of sp³-hybridized carbons (Fsp3) is 0.550. The number of imidazole rings is 2. The van der Waals surface area contributed by atoms with Crippen LogP contribution in [0.3, 0.4) is 0 Å². The van der Waals surface area contributed by atoms with Crippen LogP contribution in [-0.4, -0.2) is 67.8 Å². The van der Waals surface area contributed by atoms with Gasteiger partial charge in [0.1, 0.15) is 18.1 Å². The summed E-state index contributed by atoms with van der Waals surface area (Å²) in [6.07, 6.45) is 5.21. The van der Waals surface area contributed by atoms with Gasteiger partial charge in [0.25, 0.3) is 0 Å². The maximum absolute atomic E-state index is 12.9. The first-order chi connectivity index (χ1) is 15.2. The lowest BCUT2D eigenvalue weighted by Crippen LogP contribution is -2.48. The summed E-state index contributed by atoms with van der Waals surface area (Å²) in [7, 11) is 0. The zero-order chi connectivity index (χ0) is 23.4. The minimum Gasteiger partial charge on any atom is -0.466 e. The van der Waals surface area contributed by atoms with Gasteiger partial charge in [0.2, 0.25) is 5.91 Å². The molecule has 2 aromatic heterocycles. The van der Waals surface area contributed by atoms with E-state index in [1.807, 2.05) is 0 Å². The van der Waals surface area contributed by atoms with Crippen LogP contribution in [0.5, 0.6) is 0 Å². The molecule has 1 saturated carbocycles. The van der Waals surface area contributed by atoms with E-state index in [-0.39, 0.29) is 50.5 Å². The van der Waals surface area contributed by atoms with E-state index in [0.29, 0.717) is 12.8 Å². The number of halogens is 3. The van der Waals surface area contributed by atoms with Crippen LogP contribution in [0.4, 0.5) is 18.0 Å². The molecule has 32 heavy (non-hydrogen) atoms. The molecule has 0 spiro atoms. The first kappa shape index (κ1) is 23.5. The Bertz CT molecular complexity index is 879. The van der Waals surface area contributed by atoms with Crippen molar-refractivity contribution < 1.29 is 32.3 Å². The van der Waals surface area contributed by atoms with Crippen molar-refractivity contribution in [3.8, 4) is 0 Å².